The van der Waals surface area contributed by atoms with Crippen molar-refractivity contribution in [3.63, 3.8) is 0 Å². The van der Waals surface area contributed by atoms with E-state index in [1.54, 1.807) is 17.0 Å². The maximum absolute atomic E-state index is 13.9. The molecule has 4 aliphatic rings. The lowest BCUT2D eigenvalue weighted by Gasteiger charge is -2.34. The third-order valence-electron chi connectivity index (χ3n) is 8.57. The van der Waals surface area contributed by atoms with Crippen molar-refractivity contribution in [2.24, 2.45) is 11.8 Å². The molecule has 0 aromatic heterocycles. The number of hydrogen-bond donors (Lipinski definition) is 2. The Morgan fingerprint density at radius 2 is 1.92 bits per heavy atom. The normalized spacial score (nSPS) is 30.6. The number of carbonyl (C=O) groups is 3. The minimum atomic E-state index is -1.11. The summed E-state index contributed by atoms with van der Waals surface area (Å²) in [6.07, 6.45) is 12.5. The van der Waals surface area contributed by atoms with E-state index in [-0.39, 0.29) is 23.8 Å². The van der Waals surface area contributed by atoms with Gasteiger partial charge >= 0.3 is 0 Å². The maximum atomic E-state index is 13.9. The molecular weight excluding hydrogens is 490 g/mol. The first kappa shape index (κ1) is 26.2. The zero-order valence-electron chi connectivity index (χ0n) is 21.8. The summed E-state index contributed by atoms with van der Waals surface area (Å²) in [5, 5.41) is 6.74. The molecule has 3 heterocycles. The summed E-state index contributed by atoms with van der Waals surface area (Å²) in [6.45, 7) is 4.53. The molecule has 3 amide bonds. The van der Waals surface area contributed by atoms with Crippen LogP contribution in [0.25, 0.3) is 0 Å². The number of hydrogen-bond acceptors (Lipinski definition) is 4. The number of fused-ring (bicyclic) bond motifs is 1. The summed E-state index contributed by atoms with van der Waals surface area (Å²) in [5.41, 5.74) is 0.384. The molecule has 3 fully saturated rings. The average molecular weight is 528 g/mol. The van der Waals surface area contributed by atoms with Crippen LogP contribution in [0.1, 0.15) is 70.3 Å². The fraction of sp³-hybridized carbons (Fsp3) is 0.621. The number of aryl methyl sites for hydroxylation is 1. The zero-order valence-corrected chi connectivity index (χ0v) is 22.6. The lowest BCUT2D eigenvalue weighted by atomic mass is 9.74. The Bertz CT molecular complexity index is 1080. The van der Waals surface area contributed by atoms with E-state index in [0.29, 0.717) is 17.3 Å². The van der Waals surface area contributed by atoms with Crippen LogP contribution in [0.3, 0.4) is 0 Å². The smallest absolute Gasteiger partial charge is 0.246 e. The van der Waals surface area contributed by atoms with Crippen molar-refractivity contribution in [1.82, 2.24) is 10.2 Å². The second-order valence-electron chi connectivity index (χ2n) is 11.1. The minimum absolute atomic E-state index is 0.127. The van der Waals surface area contributed by atoms with Gasteiger partial charge in [0.15, 0.2) is 0 Å². The number of unbranched alkanes of at least 4 members (excludes halogenated alkanes) is 3. The Balaban J connectivity index is 1.40. The quantitative estimate of drug-likeness (QED) is 0.358. The third-order valence-corrected chi connectivity index (χ3v) is 8.98. The van der Waals surface area contributed by atoms with E-state index in [2.05, 4.69) is 17.6 Å². The standard InChI is InChI=1S/C29H38ClN3O4/c1-3-4-5-9-16-33-25(27(35)31-19-10-7-6-8-11-19)29-15-14-22(37-29)23(24(29)28(33)36)26(34)32-20-13-12-18(2)21(30)17-20/h12-15,17,19,22-25H,3-11,16H2,1-2H3,(H,31,35)(H,32,34)/t22-,23+,24-,25+,29+/m1/s1. The SMILES string of the molecule is CCCCCCN1C(=O)[C@H]2[C@@H](C(=O)Nc3ccc(C)c(Cl)c3)[C@H]3C=C[C@@]2(O3)[C@@H]1C(=O)NC1CCCCC1. The van der Waals surface area contributed by atoms with E-state index in [1.807, 2.05) is 25.1 Å². The van der Waals surface area contributed by atoms with Gasteiger partial charge in [0.05, 0.1) is 17.9 Å². The summed E-state index contributed by atoms with van der Waals surface area (Å²) >= 11 is 6.26. The van der Waals surface area contributed by atoms with Crippen LogP contribution in [0.15, 0.2) is 30.4 Å². The summed E-state index contributed by atoms with van der Waals surface area (Å²) in [6, 6.07) is 4.73. The molecule has 37 heavy (non-hydrogen) atoms. The van der Waals surface area contributed by atoms with E-state index in [1.165, 1.54) is 6.42 Å². The van der Waals surface area contributed by atoms with Crippen molar-refractivity contribution >= 4 is 35.0 Å². The Morgan fingerprint density at radius 3 is 2.65 bits per heavy atom. The average Bonchev–Trinajstić information content (AvgIpc) is 3.52. The fourth-order valence-electron chi connectivity index (χ4n) is 6.64. The number of amides is 3. The van der Waals surface area contributed by atoms with Gasteiger partial charge in [-0.3, -0.25) is 14.4 Å². The molecule has 0 unspecified atom stereocenters. The predicted molar refractivity (Wildman–Crippen MR) is 143 cm³/mol. The van der Waals surface area contributed by atoms with E-state index in [9.17, 15) is 14.4 Å². The molecule has 200 valence electrons. The largest absolute Gasteiger partial charge is 0.359 e. The number of benzene rings is 1. The van der Waals surface area contributed by atoms with Crippen LogP contribution in [0.5, 0.6) is 0 Å². The van der Waals surface area contributed by atoms with Crippen molar-refractivity contribution in [2.45, 2.75) is 95.4 Å². The Labute approximate surface area is 224 Å². The predicted octanol–water partition coefficient (Wildman–Crippen LogP) is 4.77. The maximum Gasteiger partial charge on any atom is 0.246 e. The van der Waals surface area contributed by atoms with Gasteiger partial charge in [0.2, 0.25) is 17.7 Å². The molecule has 1 aromatic rings. The number of anilines is 1. The molecule has 2 saturated heterocycles. The topological polar surface area (TPSA) is 87.7 Å². The molecule has 5 rings (SSSR count). The highest BCUT2D eigenvalue weighted by atomic mass is 35.5. The summed E-state index contributed by atoms with van der Waals surface area (Å²) in [7, 11) is 0. The number of ether oxygens (including phenoxy) is 1. The fourth-order valence-corrected chi connectivity index (χ4v) is 6.82. The first-order valence-corrected chi connectivity index (χ1v) is 14.3. The van der Waals surface area contributed by atoms with E-state index >= 15 is 0 Å². The van der Waals surface area contributed by atoms with E-state index in [0.717, 1.165) is 56.9 Å². The number of carbonyl (C=O) groups excluding carboxylic acids is 3. The highest BCUT2D eigenvalue weighted by Gasteiger charge is 2.72. The Kier molecular flexibility index (Phi) is 7.64. The molecule has 1 saturated carbocycles. The summed E-state index contributed by atoms with van der Waals surface area (Å²) in [5.74, 6) is -2.03. The van der Waals surface area contributed by atoms with Crippen LogP contribution in [-0.4, -0.2) is 53.0 Å². The summed E-state index contributed by atoms with van der Waals surface area (Å²) < 4.78 is 6.43. The van der Waals surface area contributed by atoms with Crippen molar-refractivity contribution in [3.8, 4) is 0 Å². The van der Waals surface area contributed by atoms with Crippen LogP contribution in [0.2, 0.25) is 5.02 Å². The third kappa shape index (κ3) is 4.81. The Morgan fingerprint density at radius 1 is 1.14 bits per heavy atom. The van der Waals surface area contributed by atoms with Crippen LogP contribution in [0, 0.1) is 18.8 Å². The molecule has 3 aliphatic heterocycles. The molecule has 1 aromatic carbocycles. The minimum Gasteiger partial charge on any atom is -0.359 e. The number of nitrogens with zero attached hydrogens (tertiary/aromatic N) is 1. The van der Waals surface area contributed by atoms with Gasteiger partial charge in [-0.15, -0.1) is 0 Å². The van der Waals surface area contributed by atoms with Crippen LogP contribution < -0.4 is 10.6 Å². The molecule has 0 radical (unpaired) electrons. The number of nitrogens with one attached hydrogen (secondary N) is 2. The molecule has 1 aliphatic carbocycles. The monoisotopic (exact) mass is 527 g/mol. The van der Waals surface area contributed by atoms with Crippen molar-refractivity contribution < 1.29 is 19.1 Å². The lowest BCUT2D eigenvalue weighted by Crippen LogP contribution is -2.56. The van der Waals surface area contributed by atoms with Gasteiger partial charge in [0.25, 0.3) is 0 Å². The second kappa shape index (κ2) is 10.8. The van der Waals surface area contributed by atoms with Crippen LogP contribution >= 0.6 is 11.6 Å². The van der Waals surface area contributed by atoms with Crippen LogP contribution in [0.4, 0.5) is 5.69 Å². The molecule has 7 nitrogen and oxygen atoms in total. The number of halogens is 1. The zero-order chi connectivity index (χ0) is 26.2. The van der Waals surface area contributed by atoms with Gasteiger partial charge in [-0.1, -0.05) is 75.3 Å². The molecule has 1 spiro atoms. The molecule has 2 N–H and O–H groups in total. The van der Waals surface area contributed by atoms with Gasteiger partial charge in [-0.05, 0) is 43.9 Å². The molecule has 8 heteroatoms. The molecule has 2 bridgehead atoms. The van der Waals surface area contributed by atoms with Crippen molar-refractivity contribution in [1.29, 1.82) is 0 Å². The molecule has 5 atom stereocenters. The van der Waals surface area contributed by atoms with Crippen LogP contribution in [-0.2, 0) is 19.1 Å². The second-order valence-corrected chi connectivity index (χ2v) is 11.5. The highest BCUT2D eigenvalue weighted by molar-refractivity contribution is 6.31. The first-order valence-electron chi connectivity index (χ1n) is 13.9. The van der Waals surface area contributed by atoms with E-state index < -0.39 is 29.6 Å². The van der Waals surface area contributed by atoms with Gasteiger partial charge in [-0.25, -0.2) is 0 Å². The van der Waals surface area contributed by atoms with Gasteiger partial charge in [-0.2, -0.15) is 0 Å². The Hall–Kier alpha value is -2.38. The van der Waals surface area contributed by atoms with Gasteiger partial charge in [0, 0.05) is 23.3 Å². The number of rotatable bonds is 9. The lowest BCUT2D eigenvalue weighted by molar-refractivity contribution is -0.141. The summed E-state index contributed by atoms with van der Waals surface area (Å²) in [4.78, 5) is 43.0. The van der Waals surface area contributed by atoms with Gasteiger partial charge in [0.1, 0.15) is 11.6 Å². The first-order chi connectivity index (χ1) is 17.9. The molecular formula is C29H38ClN3O4. The number of likely N-dealkylation sites (tertiary alicyclic amines) is 1. The van der Waals surface area contributed by atoms with Crippen molar-refractivity contribution in [3.05, 3.63) is 40.9 Å². The van der Waals surface area contributed by atoms with Gasteiger partial charge < -0.3 is 20.3 Å². The van der Waals surface area contributed by atoms with E-state index in [4.69, 9.17) is 16.3 Å². The van der Waals surface area contributed by atoms with Crippen molar-refractivity contribution in [2.75, 3.05) is 11.9 Å². The highest BCUT2D eigenvalue weighted by Crippen LogP contribution is 2.55.